The number of nitrogens with zero attached hydrogens (tertiary/aromatic N) is 1. The van der Waals surface area contributed by atoms with E-state index >= 15 is 0 Å². The first-order chi connectivity index (χ1) is 22.9. The van der Waals surface area contributed by atoms with E-state index in [0.29, 0.717) is 18.4 Å². The van der Waals surface area contributed by atoms with Crippen LogP contribution in [0.1, 0.15) is 121 Å². The van der Waals surface area contributed by atoms with Gasteiger partial charge in [0, 0.05) is 38.3 Å². The summed E-state index contributed by atoms with van der Waals surface area (Å²) in [5.74, 6) is 1.59. The molecule has 0 aromatic rings. The minimum absolute atomic E-state index is 0.0186. The zero-order valence-electron chi connectivity index (χ0n) is 31.8. The van der Waals surface area contributed by atoms with Gasteiger partial charge in [-0.2, -0.15) is 0 Å². The number of hydrogen-bond acceptors (Lipinski definition) is 9. The lowest BCUT2D eigenvalue weighted by Gasteiger charge is -2.63. The third kappa shape index (κ3) is 5.15. The van der Waals surface area contributed by atoms with Gasteiger partial charge in [-0.25, -0.2) is 0 Å². The van der Waals surface area contributed by atoms with E-state index in [9.17, 15) is 14.7 Å². The molecule has 7 fully saturated rings. The van der Waals surface area contributed by atoms with E-state index in [1.807, 2.05) is 0 Å². The summed E-state index contributed by atoms with van der Waals surface area (Å²) >= 11 is 0. The standard InChI is InChI=1S/C40H62NO8/c1-11-41-18-19-45-30(21-41)49-29-14-15-39-22-40(39)17-16-37(9)31-23(2)20-26(33(36(7,8)44)46-24(3)42)48-32(31)34(47-25(4)43)38(37,10)28(40)13-12-27(39)35(29,5)6/h23,27,29-31,33-34,44H,11-22H2,1-10H3/t23-,27+,29?,30+,31+,33+,34+,37-,38-,39-,40+/m1/s1. The Hall–Kier alpha value is -1.26. The van der Waals surface area contributed by atoms with Crippen molar-refractivity contribution in [3.8, 4) is 0 Å². The average Bonchev–Trinajstić information content (AvgIpc) is 3.64. The molecule has 2 saturated heterocycles. The Morgan fingerprint density at radius 3 is 2.47 bits per heavy atom. The summed E-state index contributed by atoms with van der Waals surface area (Å²) in [6.07, 6.45) is 8.14. The molecule has 0 aromatic carbocycles. The van der Waals surface area contributed by atoms with Crippen LogP contribution in [-0.4, -0.2) is 78.4 Å². The number of ether oxygens (including phenoxy) is 5. The zero-order valence-corrected chi connectivity index (χ0v) is 31.8. The lowest BCUT2D eigenvalue weighted by Crippen LogP contribution is -2.59. The van der Waals surface area contributed by atoms with E-state index in [1.54, 1.807) is 19.8 Å². The van der Waals surface area contributed by atoms with Gasteiger partial charge in [0.15, 0.2) is 12.4 Å². The van der Waals surface area contributed by atoms with Gasteiger partial charge in [0.25, 0.3) is 0 Å². The molecule has 275 valence electrons. The SMILES string of the molecule is CCN1CCO[C@@H](OC2CC[C@]34C[C@]35CC[C@]3(C)[C@@H]6[C](O[C]([C@H](OC(C)=O)C(C)(C)O)C[C@H]6C)[C@H](OC(C)=O)[C@@]3(C)[C]5CC[C@H]4C2(C)C)C1. The van der Waals surface area contributed by atoms with Crippen molar-refractivity contribution in [2.75, 3.05) is 26.2 Å². The van der Waals surface area contributed by atoms with Crippen molar-refractivity contribution in [3.05, 3.63) is 18.1 Å². The fourth-order valence-corrected chi connectivity index (χ4v) is 13.1. The first kappa shape index (κ1) is 36.1. The van der Waals surface area contributed by atoms with Crippen LogP contribution in [-0.2, 0) is 33.3 Å². The van der Waals surface area contributed by atoms with Gasteiger partial charge in [-0.15, -0.1) is 0 Å². The Kier molecular flexibility index (Phi) is 8.75. The number of aliphatic hydroxyl groups is 1. The van der Waals surface area contributed by atoms with Crippen LogP contribution in [0.15, 0.2) is 0 Å². The molecule has 1 unspecified atom stereocenters. The third-order valence-corrected chi connectivity index (χ3v) is 15.3. The number of esters is 2. The fraction of sp³-hybridized carbons (Fsp3) is 0.875. The predicted molar refractivity (Wildman–Crippen MR) is 183 cm³/mol. The minimum atomic E-state index is -1.34. The average molecular weight is 685 g/mol. The molecular weight excluding hydrogens is 622 g/mol. The van der Waals surface area contributed by atoms with Crippen LogP contribution in [0.5, 0.6) is 0 Å². The highest BCUT2D eigenvalue weighted by atomic mass is 16.7. The number of likely N-dealkylation sites (N-methyl/N-ethyl adjacent to an activating group) is 1. The number of hydrogen-bond donors (Lipinski definition) is 1. The molecule has 1 N–H and O–H groups in total. The molecule has 2 heterocycles. The van der Waals surface area contributed by atoms with E-state index in [1.165, 1.54) is 20.3 Å². The van der Waals surface area contributed by atoms with Crippen molar-refractivity contribution in [3.63, 3.8) is 0 Å². The fourth-order valence-electron chi connectivity index (χ4n) is 13.1. The minimum Gasteiger partial charge on any atom is -0.459 e. The topological polar surface area (TPSA) is 104 Å². The number of rotatable bonds is 7. The Morgan fingerprint density at radius 1 is 1.08 bits per heavy atom. The van der Waals surface area contributed by atoms with E-state index in [0.717, 1.165) is 70.9 Å². The maximum Gasteiger partial charge on any atom is 0.303 e. The van der Waals surface area contributed by atoms with E-state index in [4.69, 9.17) is 23.7 Å². The maximum absolute atomic E-state index is 13.0. The lowest BCUT2D eigenvalue weighted by atomic mass is 9.41. The Balaban J connectivity index is 1.19. The first-order valence-corrected chi connectivity index (χ1v) is 19.2. The predicted octanol–water partition coefficient (Wildman–Crippen LogP) is 6.42. The third-order valence-electron chi connectivity index (χ3n) is 15.3. The number of morpholine rings is 1. The molecule has 7 aliphatic rings. The van der Waals surface area contributed by atoms with Crippen molar-refractivity contribution in [2.24, 2.45) is 44.8 Å². The number of carbonyl (C=O) groups excluding carboxylic acids is 2. The van der Waals surface area contributed by atoms with Crippen LogP contribution in [0.4, 0.5) is 0 Å². The van der Waals surface area contributed by atoms with Gasteiger partial charge < -0.3 is 28.8 Å². The van der Waals surface area contributed by atoms with E-state index < -0.39 is 29.2 Å². The first-order valence-electron chi connectivity index (χ1n) is 19.2. The summed E-state index contributed by atoms with van der Waals surface area (Å²) in [4.78, 5) is 27.6. The Morgan fingerprint density at radius 2 is 1.82 bits per heavy atom. The second-order valence-electron chi connectivity index (χ2n) is 18.5. The van der Waals surface area contributed by atoms with Crippen molar-refractivity contribution in [1.29, 1.82) is 0 Å². The Bertz CT molecular complexity index is 1310. The van der Waals surface area contributed by atoms with Gasteiger partial charge in [0.1, 0.15) is 18.3 Å². The molecule has 9 nitrogen and oxygen atoms in total. The zero-order chi connectivity index (χ0) is 35.5. The molecule has 3 radical (unpaired) electrons. The Labute approximate surface area is 294 Å². The molecule has 0 aromatic heterocycles. The smallest absolute Gasteiger partial charge is 0.303 e. The summed E-state index contributed by atoms with van der Waals surface area (Å²) in [7, 11) is 0. The molecule has 5 aliphatic carbocycles. The van der Waals surface area contributed by atoms with Crippen molar-refractivity contribution < 1.29 is 38.4 Å². The van der Waals surface area contributed by atoms with Crippen LogP contribution in [0.25, 0.3) is 0 Å². The summed E-state index contributed by atoms with van der Waals surface area (Å²) in [6.45, 7) is 23.9. The van der Waals surface area contributed by atoms with Gasteiger partial charge in [0.2, 0.25) is 0 Å². The summed E-state index contributed by atoms with van der Waals surface area (Å²) < 4.78 is 31.9. The van der Waals surface area contributed by atoms with Crippen LogP contribution in [0.2, 0.25) is 0 Å². The van der Waals surface area contributed by atoms with Crippen LogP contribution >= 0.6 is 0 Å². The molecule has 9 heteroatoms. The van der Waals surface area contributed by atoms with Gasteiger partial charge in [-0.3, -0.25) is 14.5 Å². The number of fused-ring (bicyclic) bond motifs is 4. The molecular formula is C40H62NO8. The highest BCUT2D eigenvalue weighted by Gasteiger charge is 2.86. The summed E-state index contributed by atoms with van der Waals surface area (Å²) in [5, 5.41) is 11.1. The normalized spacial score (nSPS) is 46.0. The van der Waals surface area contributed by atoms with Crippen LogP contribution < -0.4 is 0 Å². The molecule has 49 heavy (non-hydrogen) atoms. The van der Waals surface area contributed by atoms with Gasteiger partial charge in [0.05, 0.1) is 18.3 Å². The quantitative estimate of drug-likeness (QED) is 0.304. The van der Waals surface area contributed by atoms with Crippen LogP contribution in [0, 0.1) is 63.0 Å². The molecule has 11 atom stereocenters. The van der Waals surface area contributed by atoms with E-state index in [-0.39, 0.29) is 51.9 Å². The van der Waals surface area contributed by atoms with Crippen LogP contribution in [0.3, 0.4) is 0 Å². The molecule has 5 saturated carbocycles. The highest BCUT2D eigenvalue weighted by Crippen LogP contribution is 2.90. The van der Waals surface area contributed by atoms with Gasteiger partial charge >= 0.3 is 11.9 Å². The summed E-state index contributed by atoms with van der Waals surface area (Å²) in [6, 6.07) is 0. The maximum atomic E-state index is 13.0. The monoisotopic (exact) mass is 684 g/mol. The highest BCUT2D eigenvalue weighted by molar-refractivity contribution is 5.67. The van der Waals surface area contributed by atoms with Crippen molar-refractivity contribution >= 4 is 11.9 Å². The lowest BCUT2D eigenvalue weighted by molar-refractivity contribution is -0.243. The largest absolute Gasteiger partial charge is 0.459 e. The van der Waals surface area contributed by atoms with E-state index in [2.05, 4.69) is 46.4 Å². The molecule has 0 amide bonds. The second kappa shape index (κ2) is 11.9. The molecule has 2 aliphatic heterocycles. The molecule has 7 rings (SSSR count). The van der Waals surface area contributed by atoms with Gasteiger partial charge in [-0.05, 0) is 111 Å². The molecule has 0 bridgehead atoms. The second-order valence-corrected chi connectivity index (χ2v) is 18.5. The van der Waals surface area contributed by atoms with Crippen molar-refractivity contribution in [1.82, 2.24) is 4.90 Å². The van der Waals surface area contributed by atoms with Crippen molar-refractivity contribution in [2.45, 2.75) is 151 Å². The molecule has 2 spiro atoms. The van der Waals surface area contributed by atoms with Gasteiger partial charge in [-0.1, -0.05) is 41.5 Å². The number of carbonyl (C=O) groups is 2. The summed E-state index contributed by atoms with van der Waals surface area (Å²) in [5.41, 5.74) is -1.53.